The van der Waals surface area contributed by atoms with Crippen LogP contribution in [0, 0.1) is 12.3 Å². The van der Waals surface area contributed by atoms with Gasteiger partial charge in [0.2, 0.25) is 5.91 Å². The maximum Gasteiger partial charge on any atom is 0.230 e. The Kier molecular flexibility index (Phi) is 7.42. The highest BCUT2D eigenvalue weighted by Crippen LogP contribution is 2.39. The Morgan fingerprint density at radius 2 is 2.04 bits per heavy atom. The Morgan fingerprint density at radius 1 is 1.31 bits per heavy atom. The van der Waals surface area contributed by atoms with Crippen molar-refractivity contribution in [2.45, 2.75) is 46.0 Å². The van der Waals surface area contributed by atoms with E-state index in [0.29, 0.717) is 6.54 Å². The molecule has 0 atom stereocenters. The number of nitrogens with zero attached hydrogens (tertiary/aromatic N) is 3. The van der Waals surface area contributed by atoms with Crippen molar-refractivity contribution in [3.63, 3.8) is 0 Å². The molecule has 0 bridgehead atoms. The van der Waals surface area contributed by atoms with Gasteiger partial charge in [-0.3, -0.25) is 14.8 Å². The first-order valence-electron chi connectivity index (χ1n) is 9.62. The van der Waals surface area contributed by atoms with E-state index in [2.05, 4.69) is 35.5 Å². The van der Waals surface area contributed by atoms with Crippen molar-refractivity contribution in [1.82, 2.24) is 20.5 Å². The minimum atomic E-state index is -0.326. The topological polar surface area (TPSA) is 69.6 Å². The van der Waals surface area contributed by atoms with E-state index in [-0.39, 0.29) is 11.3 Å². The van der Waals surface area contributed by atoms with Crippen LogP contribution >= 0.6 is 0 Å². The fourth-order valence-corrected chi connectivity index (χ4v) is 3.64. The molecular weight excluding hydrogens is 326 g/mol. The minimum Gasteiger partial charge on any atom is -0.357 e. The van der Waals surface area contributed by atoms with Crippen LogP contribution in [0.25, 0.3) is 0 Å². The molecule has 1 aromatic heterocycles. The van der Waals surface area contributed by atoms with Crippen LogP contribution in [0.1, 0.15) is 43.7 Å². The number of nitrogens with one attached hydrogen (secondary N) is 2. The van der Waals surface area contributed by atoms with Crippen molar-refractivity contribution in [3.05, 3.63) is 29.6 Å². The van der Waals surface area contributed by atoms with Crippen LogP contribution in [0.4, 0.5) is 0 Å². The monoisotopic (exact) mass is 359 g/mol. The predicted octanol–water partition coefficient (Wildman–Crippen LogP) is 2.14. The number of pyridine rings is 1. The molecule has 1 aromatic rings. The highest BCUT2D eigenvalue weighted by molar-refractivity contribution is 5.84. The summed E-state index contributed by atoms with van der Waals surface area (Å²) in [4.78, 5) is 23.3. The molecule has 26 heavy (non-hydrogen) atoms. The predicted molar refractivity (Wildman–Crippen MR) is 106 cm³/mol. The lowest BCUT2D eigenvalue weighted by Crippen LogP contribution is -2.43. The zero-order valence-electron chi connectivity index (χ0n) is 16.6. The zero-order chi connectivity index (χ0) is 19.0. The molecular formula is C20H33N5O. The van der Waals surface area contributed by atoms with E-state index in [0.717, 1.165) is 51.2 Å². The van der Waals surface area contributed by atoms with Crippen LogP contribution in [-0.2, 0) is 11.2 Å². The molecule has 1 heterocycles. The Bertz CT molecular complexity index is 620. The molecule has 0 aromatic carbocycles. The summed E-state index contributed by atoms with van der Waals surface area (Å²) in [6.07, 6.45) is 8.73. The molecule has 1 amide bonds. The number of aromatic nitrogens is 1. The van der Waals surface area contributed by atoms with Crippen molar-refractivity contribution in [2.24, 2.45) is 10.4 Å². The van der Waals surface area contributed by atoms with E-state index in [9.17, 15) is 4.79 Å². The molecule has 1 fully saturated rings. The molecule has 6 nitrogen and oxygen atoms in total. The van der Waals surface area contributed by atoms with E-state index in [1.165, 1.54) is 11.1 Å². The molecule has 2 rings (SSSR count). The number of carbonyl (C=O) groups is 1. The van der Waals surface area contributed by atoms with Gasteiger partial charge in [-0.15, -0.1) is 0 Å². The molecule has 2 N–H and O–H groups in total. The number of aliphatic imine (C=N–C) groups is 1. The minimum absolute atomic E-state index is 0.210. The fraction of sp³-hybridized carbons (Fsp3) is 0.650. The van der Waals surface area contributed by atoms with Gasteiger partial charge >= 0.3 is 0 Å². The quantitative estimate of drug-likeness (QED) is 0.578. The molecule has 0 spiro atoms. The molecule has 6 heteroatoms. The number of carbonyl (C=O) groups excluding carboxylic acids is 1. The SMILES string of the molecule is CCNC(=NCC1(C(=O)N(C)C)CCCC1)NCCc1ccncc1C. The van der Waals surface area contributed by atoms with Gasteiger partial charge in [-0.05, 0) is 50.3 Å². The lowest BCUT2D eigenvalue weighted by Gasteiger charge is -2.29. The fourth-order valence-electron chi connectivity index (χ4n) is 3.64. The third-order valence-corrected chi connectivity index (χ3v) is 5.13. The van der Waals surface area contributed by atoms with Crippen molar-refractivity contribution in [3.8, 4) is 0 Å². The Balaban J connectivity index is 1.98. The number of hydrogen-bond donors (Lipinski definition) is 2. The second-order valence-electron chi connectivity index (χ2n) is 7.36. The van der Waals surface area contributed by atoms with Crippen LogP contribution in [-0.4, -0.2) is 55.5 Å². The first kappa shape index (κ1) is 20.2. The summed E-state index contributed by atoms with van der Waals surface area (Å²) in [6.45, 7) is 6.28. The van der Waals surface area contributed by atoms with E-state index in [1.807, 2.05) is 26.5 Å². The van der Waals surface area contributed by atoms with Gasteiger partial charge in [0.05, 0.1) is 12.0 Å². The van der Waals surface area contributed by atoms with Gasteiger partial charge in [0.15, 0.2) is 5.96 Å². The van der Waals surface area contributed by atoms with E-state index in [4.69, 9.17) is 4.99 Å². The molecule has 0 aliphatic heterocycles. The van der Waals surface area contributed by atoms with Gasteiger partial charge in [-0.2, -0.15) is 0 Å². The lowest BCUT2D eigenvalue weighted by atomic mass is 9.85. The average molecular weight is 360 g/mol. The zero-order valence-corrected chi connectivity index (χ0v) is 16.6. The smallest absolute Gasteiger partial charge is 0.230 e. The van der Waals surface area contributed by atoms with E-state index in [1.54, 1.807) is 4.90 Å². The molecule has 1 aliphatic carbocycles. The third kappa shape index (κ3) is 5.19. The summed E-state index contributed by atoms with van der Waals surface area (Å²) in [6, 6.07) is 2.06. The number of amides is 1. The maximum absolute atomic E-state index is 12.7. The maximum atomic E-state index is 12.7. The van der Waals surface area contributed by atoms with Gasteiger partial charge in [-0.1, -0.05) is 12.8 Å². The normalized spacial score (nSPS) is 16.4. The van der Waals surface area contributed by atoms with Crippen LogP contribution in [0.5, 0.6) is 0 Å². The second-order valence-corrected chi connectivity index (χ2v) is 7.36. The lowest BCUT2D eigenvalue weighted by molar-refractivity contribution is -0.138. The summed E-state index contributed by atoms with van der Waals surface area (Å²) in [7, 11) is 3.68. The number of aryl methyl sites for hydroxylation is 1. The summed E-state index contributed by atoms with van der Waals surface area (Å²) >= 11 is 0. The van der Waals surface area contributed by atoms with Crippen molar-refractivity contribution < 1.29 is 4.79 Å². The highest BCUT2D eigenvalue weighted by atomic mass is 16.2. The molecule has 1 aliphatic rings. The van der Waals surface area contributed by atoms with Gasteiger partial charge in [0, 0.05) is 39.6 Å². The standard InChI is InChI=1S/C20H33N5O/c1-5-22-19(23-13-9-17-8-12-21-14-16(17)2)24-15-20(10-6-7-11-20)18(26)25(3)4/h8,12,14H,5-7,9-11,13,15H2,1-4H3,(H2,22,23,24). The summed E-state index contributed by atoms with van der Waals surface area (Å²) < 4.78 is 0. The van der Waals surface area contributed by atoms with Crippen LogP contribution in [0.3, 0.4) is 0 Å². The Morgan fingerprint density at radius 3 is 2.65 bits per heavy atom. The molecule has 0 saturated heterocycles. The van der Waals surface area contributed by atoms with E-state index < -0.39 is 0 Å². The number of hydrogen-bond acceptors (Lipinski definition) is 3. The largest absolute Gasteiger partial charge is 0.357 e. The highest BCUT2D eigenvalue weighted by Gasteiger charge is 2.41. The van der Waals surface area contributed by atoms with E-state index >= 15 is 0 Å². The third-order valence-electron chi connectivity index (χ3n) is 5.13. The van der Waals surface area contributed by atoms with Crippen molar-refractivity contribution >= 4 is 11.9 Å². The van der Waals surface area contributed by atoms with Crippen LogP contribution in [0.15, 0.2) is 23.5 Å². The van der Waals surface area contributed by atoms with Crippen molar-refractivity contribution in [1.29, 1.82) is 0 Å². The first-order chi connectivity index (χ1) is 12.5. The van der Waals surface area contributed by atoms with Crippen LogP contribution < -0.4 is 10.6 Å². The molecule has 0 unspecified atom stereocenters. The molecule has 0 radical (unpaired) electrons. The summed E-state index contributed by atoms with van der Waals surface area (Å²) in [5.41, 5.74) is 2.17. The van der Waals surface area contributed by atoms with Gasteiger partial charge < -0.3 is 15.5 Å². The summed E-state index contributed by atoms with van der Waals surface area (Å²) in [5, 5.41) is 6.69. The van der Waals surface area contributed by atoms with Gasteiger partial charge in [-0.25, -0.2) is 0 Å². The van der Waals surface area contributed by atoms with Gasteiger partial charge in [0.1, 0.15) is 0 Å². The molecule has 144 valence electrons. The second kappa shape index (κ2) is 9.55. The Labute approximate surface area is 157 Å². The van der Waals surface area contributed by atoms with Crippen LogP contribution in [0.2, 0.25) is 0 Å². The van der Waals surface area contributed by atoms with Crippen molar-refractivity contribution in [2.75, 3.05) is 33.7 Å². The summed E-state index contributed by atoms with van der Waals surface area (Å²) in [5.74, 6) is 0.999. The Hall–Kier alpha value is -2.11. The number of rotatable bonds is 7. The first-order valence-corrected chi connectivity index (χ1v) is 9.62. The molecule has 1 saturated carbocycles. The number of guanidine groups is 1. The average Bonchev–Trinajstić information content (AvgIpc) is 3.10. The van der Waals surface area contributed by atoms with Gasteiger partial charge in [0.25, 0.3) is 0 Å².